The monoisotopic (exact) mass is 461 g/mol. The van der Waals surface area contributed by atoms with Crippen molar-refractivity contribution in [3.05, 3.63) is 68.7 Å². The second-order valence-electron chi connectivity index (χ2n) is 6.23. The van der Waals surface area contributed by atoms with Crippen molar-refractivity contribution in [2.24, 2.45) is 0 Å². The predicted octanol–water partition coefficient (Wildman–Crippen LogP) is 3.26. The third-order valence-corrected chi connectivity index (χ3v) is 5.58. The number of nitrogens with one attached hydrogen (secondary N) is 1. The van der Waals surface area contributed by atoms with Gasteiger partial charge in [-0.3, -0.25) is 14.6 Å². The summed E-state index contributed by atoms with van der Waals surface area (Å²) in [6.07, 6.45) is 1.09. The molecule has 1 amide bonds. The lowest BCUT2D eigenvalue weighted by molar-refractivity contribution is -0.763. The first-order chi connectivity index (χ1) is 13.4. The number of rotatable bonds is 2. The number of nitrogens with zero attached hydrogens (tertiary/aromatic N) is 3. The molecular weight excluding hydrogens is 447 g/mol. The minimum absolute atomic E-state index is 0.219. The molecule has 3 aromatic rings. The van der Waals surface area contributed by atoms with Gasteiger partial charge in [-0.05, 0) is 53.4 Å². The van der Waals surface area contributed by atoms with E-state index in [-0.39, 0.29) is 17.3 Å². The molecular formula is C19H15BrFN4O2S+. The highest BCUT2D eigenvalue weighted by molar-refractivity contribution is 9.10. The maximum Gasteiger partial charge on any atom is 0.325 e. The Hall–Kier alpha value is -2.52. The topological polar surface area (TPSA) is 69.9 Å². The van der Waals surface area contributed by atoms with Gasteiger partial charge in [-0.1, -0.05) is 27.7 Å². The molecule has 2 heterocycles. The maximum absolute atomic E-state index is 13.5. The molecule has 1 N–H and O–H groups in total. The van der Waals surface area contributed by atoms with Gasteiger partial charge in [0.05, 0.1) is 11.3 Å². The Labute approximate surface area is 172 Å². The second-order valence-corrected chi connectivity index (χ2v) is 7.94. The first-order valence-electron chi connectivity index (χ1n) is 8.36. The molecule has 0 radical (unpaired) electrons. The van der Waals surface area contributed by atoms with Gasteiger partial charge in [0.1, 0.15) is 5.82 Å². The van der Waals surface area contributed by atoms with E-state index in [1.54, 1.807) is 35.4 Å². The van der Waals surface area contributed by atoms with Gasteiger partial charge in [-0.2, -0.15) is 0 Å². The first-order valence-corrected chi connectivity index (χ1v) is 10.4. The minimum atomic E-state index is -0.713. The molecule has 9 heteroatoms. The molecule has 4 rings (SSSR count). The summed E-state index contributed by atoms with van der Waals surface area (Å²) in [6, 6.07) is 11.2. The predicted molar refractivity (Wildman–Crippen MR) is 108 cm³/mol. The number of H-pyrrole nitrogens is 1. The highest BCUT2D eigenvalue weighted by atomic mass is 79.9. The van der Waals surface area contributed by atoms with E-state index in [0.29, 0.717) is 27.7 Å². The Morgan fingerprint density at radius 3 is 2.64 bits per heavy atom. The quantitative estimate of drug-likeness (QED) is 0.469. The number of aromatic nitrogens is 3. The molecule has 142 valence electrons. The van der Waals surface area contributed by atoms with Crippen molar-refractivity contribution in [2.75, 3.05) is 11.2 Å². The van der Waals surface area contributed by atoms with Gasteiger partial charge in [0.15, 0.2) is 0 Å². The van der Waals surface area contributed by atoms with Crippen LogP contribution in [0.2, 0.25) is 0 Å². The Morgan fingerprint density at radius 2 is 2.00 bits per heavy atom. The summed E-state index contributed by atoms with van der Waals surface area (Å²) < 4.78 is 15.8. The molecule has 1 aromatic heterocycles. The standard InChI is InChI=1S/C19H14BrFN4O2S/c1-10(26)24-15-8-5-12(20)9-14(15)16-17(27)22-19(28-2)23-25(16)18(24)11-3-6-13(21)7-4-11/h3-9,18H,1-2H3/p+1/t18-/m0/s1. The lowest BCUT2D eigenvalue weighted by atomic mass is 10.0. The Morgan fingerprint density at radius 1 is 1.29 bits per heavy atom. The van der Waals surface area contributed by atoms with Crippen molar-refractivity contribution < 1.29 is 13.9 Å². The van der Waals surface area contributed by atoms with Crippen LogP contribution in [0.3, 0.4) is 0 Å². The summed E-state index contributed by atoms with van der Waals surface area (Å²) in [7, 11) is 0. The Bertz CT molecular complexity index is 1150. The van der Waals surface area contributed by atoms with E-state index in [0.717, 1.165) is 4.47 Å². The average Bonchev–Trinajstić information content (AvgIpc) is 2.67. The number of fused-ring (bicyclic) bond motifs is 3. The van der Waals surface area contributed by atoms with Crippen LogP contribution in [0.25, 0.3) is 11.3 Å². The second kappa shape index (κ2) is 7.14. The SMILES string of the molecule is CSc1n[n+]2c(c(=O)[nH]1)-c1cc(Br)ccc1N(C(C)=O)[C@@H]2c1ccc(F)cc1. The molecule has 0 unspecified atom stereocenters. The highest BCUT2D eigenvalue weighted by Gasteiger charge is 2.44. The van der Waals surface area contributed by atoms with Crippen molar-refractivity contribution >= 4 is 39.3 Å². The number of halogens is 2. The smallest absolute Gasteiger partial charge is 0.291 e. The van der Waals surface area contributed by atoms with Crippen LogP contribution in [-0.4, -0.2) is 22.2 Å². The van der Waals surface area contributed by atoms with Crippen LogP contribution in [-0.2, 0) is 4.79 Å². The normalized spacial score (nSPS) is 15.1. The van der Waals surface area contributed by atoms with Crippen LogP contribution in [0.15, 0.2) is 56.9 Å². The summed E-state index contributed by atoms with van der Waals surface area (Å²) in [5, 5.41) is 4.97. The van der Waals surface area contributed by atoms with Gasteiger partial charge < -0.3 is 0 Å². The molecule has 2 aromatic carbocycles. The first kappa shape index (κ1) is 18.8. The molecule has 6 nitrogen and oxygen atoms in total. The lowest BCUT2D eigenvalue weighted by Crippen LogP contribution is -2.60. The summed E-state index contributed by atoms with van der Waals surface area (Å²) in [6.45, 7) is 1.45. The van der Waals surface area contributed by atoms with Crippen molar-refractivity contribution in [3.8, 4) is 11.3 Å². The fourth-order valence-electron chi connectivity index (χ4n) is 3.36. The van der Waals surface area contributed by atoms with E-state index < -0.39 is 6.17 Å². The number of carbonyl (C=O) groups is 1. The zero-order valence-corrected chi connectivity index (χ0v) is 17.3. The number of hydrogen-bond donors (Lipinski definition) is 1. The zero-order chi connectivity index (χ0) is 20.0. The van der Waals surface area contributed by atoms with Gasteiger partial charge in [-0.25, -0.2) is 9.29 Å². The number of thioether (sulfide) groups is 1. The van der Waals surface area contributed by atoms with Crippen LogP contribution in [0.5, 0.6) is 0 Å². The molecule has 0 spiro atoms. The fourth-order valence-corrected chi connectivity index (χ4v) is 4.09. The molecule has 0 bridgehead atoms. The van der Waals surface area contributed by atoms with Gasteiger partial charge in [-0.15, -0.1) is 0 Å². The third kappa shape index (κ3) is 3.04. The molecule has 1 atom stereocenters. The largest absolute Gasteiger partial charge is 0.325 e. The van der Waals surface area contributed by atoms with Crippen molar-refractivity contribution in [1.82, 2.24) is 10.1 Å². The lowest BCUT2D eigenvalue weighted by Gasteiger charge is -2.31. The molecule has 0 saturated carbocycles. The van der Waals surface area contributed by atoms with Gasteiger partial charge in [0.25, 0.3) is 6.17 Å². The number of hydrogen-bond acceptors (Lipinski definition) is 4. The molecule has 1 aliphatic heterocycles. The Kier molecular flexibility index (Phi) is 4.80. The number of aromatic amines is 1. The van der Waals surface area contributed by atoms with Crippen LogP contribution in [0, 0.1) is 5.82 Å². The maximum atomic E-state index is 13.5. The minimum Gasteiger partial charge on any atom is -0.291 e. The number of benzene rings is 2. The van der Waals surface area contributed by atoms with E-state index in [2.05, 4.69) is 26.0 Å². The van der Waals surface area contributed by atoms with Crippen LogP contribution >= 0.6 is 27.7 Å². The van der Waals surface area contributed by atoms with E-state index in [1.165, 1.54) is 35.5 Å². The zero-order valence-electron chi connectivity index (χ0n) is 14.9. The van der Waals surface area contributed by atoms with E-state index in [9.17, 15) is 14.0 Å². The number of anilines is 1. The number of amides is 1. The van der Waals surface area contributed by atoms with Crippen molar-refractivity contribution in [1.29, 1.82) is 0 Å². The summed E-state index contributed by atoms with van der Waals surface area (Å²) in [5.41, 5.74) is 1.84. The third-order valence-electron chi connectivity index (χ3n) is 4.51. The van der Waals surface area contributed by atoms with Crippen LogP contribution < -0.4 is 15.1 Å². The van der Waals surface area contributed by atoms with E-state index in [4.69, 9.17) is 0 Å². The summed E-state index contributed by atoms with van der Waals surface area (Å²) >= 11 is 4.72. The molecule has 0 fully saturated rings. The fraction of sp³-hybridized carbons (Fsp3) is 0.158. The van der Waals surface area contributed by atoms with Crippen molar-refractivity contribution in [2.45, 2.75) is 18.2 Å². The highest BCUT2D eigenvalue weighted by Crippen LogP contribution is 2.38. The molecule has 1 aliphatic rings. The van der Waals surface area contributed by atoms with Gasteiger partial charge in [0, 0.05) is 22.1 Å². The van der Waals surface area contributed by atoms with E-state index >= 15 is 0 Å². The number of carbonyl (C=O) groups excluding carboxylic acids is 1. The Balaban J connectivity index is 2.10. The van der Waals surface area contributed by atoms with Gasteiger partial charge in [0.2, 0.25) is 11.1 Å². The molecule has 0 aliphatic carbocycles. The average molecular weight is 462 g/mol. The van der Waals surface area contributed by atoms with E-state index in [1.807, 2.05) is 6.07 Å². The van der Waals surface area contributed by atoms with Gasteiger partial charge >= 0.3 is 11.3 Å². The van der Waals surface area contributed by atoms with Crippen LogP contribution in [0.4, 0.5) is 10.1 Å². The summed E-state index contributed by atoms with van der Waals surface area (Å²) in [5.74, 6) is -0.601. The molecule has 28 heavy (non-hydrogen) atoms. The van der Waals surface area contributed by atoms with Crippen molar-refractivity contribution in [3.63, 3.8) is 0 Å². The molecule has 0 saturated heterocycles. The summed E-state index contributed by atoms with van der Waals surface area (Å²) in [4.78, 5) is 29.9. The van der Waals surface area contributed by atoms with Crippen LogP contribution in [0.1, 0.15) is 18.7 Å².